The quantitative estimate of drug-likeness (QED) is 0.450. The standard InChI is InChI=1S/C24H26FN3O5S/c1-16(2)26-10-11-32-19-9-8-18-12-21(33-15-17-6-4-3-5-7-17)24(23(25)20(18)13-19)28-22(29)14-27-34(28,30)31/h3-9,12-13,16,26-27H,10-11,14-15H2,1-2H3. The molecule has 1 aliphatic rings. The molecule has 1 saturated heterocycles. The third-order valence-electron chi connectivity index (χ3n) is 5.23. The zero-order chi connectivity index (χ0) is 24.3. The fourth-order valence-corrected chi connectivity index (χ4v) is 4.78. The van der Waals surface area contributed by atoms with E-state index < -0.39 is 34.2 Å². The summed E-state index contributed by atoms with van der Waals surface area (Å²) in [5.74, 6) is -1.30. The molecule has 3 aromatic carbocycles. The average molecular weight is 488 g/mol. The summed E-state index contributed by atoms with van der Waals surface area (Å²) in [7, 11) is -4.25. The maximum atomic E-state index is 15.9. The highest BCUT2D eigenvalue weighted by Gasteiger charge is 2.40. The highest BCUT2D eigenvalue weighted by atomic mass is 32.2. The number of anilines is 1. The van der Waals surface area contributed by atoms with Crippen molar-refractivity contribution in [3.05, 3.63) is 66.0 Å². The fourth-order valence-electron chi connectivity index (χ4n) is 3.61. The summed E-state index contributed by atoms with van der Waals surface area (Å²) >= 11 is 0. The number of halogens is 1. The number of rotatable bonds is 9. The van der Waals surface area contributed by atoms with Gasteiger partial charge in [0.2, 0.25) is 0 Å². The molecule has 3 aromatic rings. The number of carbonyl (C=O) groups excluding carboxylic acids is 1. The topological polar surface area (TPSA) is 97.0 Å². The molecule has 0 aromatic heterocycles. The Morgan fingerprint density at radius 2 is 1.88 bits per heavy atom. The van der Waals surface area contributed by atoms with Gasteiger partial charge < -0.3 is 14.8 Å². The van der Waals surface area contributed by atoms with Gasteiger partial charge in [0.15, 0.2) is 5.82 Å². The van der Waals surface area contributed by atoms with Gasteiger partial charge in [0.25, 0.3) is 5.91 Å². The Kier molecular flexibility index (Phi) is 7.01. The van der Waals surface area contributed by atoms with Gasteiger partial charge in [-0.25, -0.2) is 4.39 Å². The third-order valence-corrected chi connectivity index (χ3v) is 6.60. The summed E-state index contributed by atoms with van der Waals surface area (Å²) in [4.78, 5) is 12.4. The van der Waals surface area contributed by atoms with Crippen molar-refractivity contribution in [2.75, 3.05) is 24.0 Å². The van der Waals surface area contributed by atoms with E-state index in [1.54, 1.807) is 12.1 Å². The molecule has 1 aliphatic heterocycles. The Hall–Kier alpha value is -3.21. The predicted octanol–water partition coefficient (Wildman–Crippen LogP) is 3.12. The van der Waals surface area contributed by atoms with Crippen molar-refractivity contribution in [3.63, 3.8) is 0 Å². The van der Waals surface area contributed by atoms with E-state index in [1.165, 1.54) is 12.1 Å². The molecule has 0 spiro atoms. The molecular weight excluding hydrogens is 461 g/mol. The van der Waals surface area contributed by atoms with E-state index in [0.717, 1.165) is 5.56 Å². The molecular formula is C24H26FN3O5S. The van der Waals surface area contributed by atoms with E-state index >= 15 is 4.39 Å². The first kappa shape index (κ1) is 23.9. The number of ether oxygens (including phenoxy) is 2. The second-order valence-electron chi connectivity index (χ2n) is 8.14. The number of hydrogen-bond acceptors (Lipinski definition) is 6. The van der Waals surface area contributed by atoms with E-state index in [9.17, 15) is 13.2 Å². The molecule has 2 N–H and O–H groups in total. The molecule has 10 heteroatoms. The maximum absolute atomic E-state index is 15.9. The van der Waals surface area contributed by atoms with Crippen molar-refractivity contribution in [2.45, 2.75) is 26.5 Å². The van der Waals surface area contributed by atoms with Gasteiger partial charge >= 0.3 is 10.2 Å². The Bertz CT molecular complexity index is 1300. The molecule has 0 bridgehead atoms. The van der Waals surface area contributed by atoms with Gasteiger partial charge in [-0.2, -0.15) is 17.4 Å². The lowest BCUT2D eigenvalue weighted by Crippen LogP contribution is -2.33. The minimum atomic E-state index is -4.25. The van der Waals surface area contributed by atoms with E-state index in [0.29, 0.717) is 34.6 Å². The lowest BCUT2D eigenvalue weighted by atomic mass is 10.1. The van der Waals surface area contributed by atoms with E-state index in [1.807, 2.05) is 44.2 Å². The fraction of sp³-hybridized carbons (Fsp3) is 0.292. The lowest BCUT2D eigenvalue weighted by Gasteiger charge is -2.21. The molecule has 34 heavy (non-hydrogen) atoms. The zero-order valence-electron chi connectivity index (χ0n) is 18.9. The van der Waals surface area contributed by atoms with Crippen molar-refractivity contribution >= 4 is 32.6 Å². The van der Waals surface area contributed by atoms with Gasteiger partial charge in [-0.05, 0) is 29.1 Å². The predicted molar refractivity (Wildman–Crippen MR) is 128 cm³/mol. The van der Waals surface area contributed by atoms with Gasteiger partial charge in [-0.1, -0.05) is 50.2 Å². The van der Waals surface area contributed by atoms with Crippen molar-refractivity contribution in [2.24, 2.45) is 0 Å². The molecule has 0 saturated carbocycles. The molecule has 1 fully saturated rings. The molecule has 4 rings (SSSR count). The first-order valence-electron chi connectivity index (χ1n) is 10.9. The normalized spacial score (nSPS) is 15.3. The number of carbonyl (C=O) groups is 1. The first-order chi connectivity index (χ1) is 16.3. The van der Waals surface area contributed by atoms with Gasteiger partial charge in [-0.3, -0.25) is 4.79 Å². The molecule has 0 unspecified atom stereocenters. The first-order valence-corrected chi connectivity index (χ1v) is 12.3. The van der Waals surface area contributed by atoms with Crippen LogP contribution in [0.3, 0.4) is 0 Å². The smallest absolute Gasteiger partial charge is 0.308 e. The SMILES string of the molecule is CC(C)NCCOc1ccc2cc(OCc3ccccc3)c(N3C(=O)CNS3(=O)=O)c(F)c2c1. The van der Waals surface area contributed by atoms with Crippen LogP contribution in [-0.4, -0.2) is 40.1 Å². The van der Waals surface area contributed by atoms with Crippen LogP contribution in [0.2, 0.25) is 0 Å². The van der Waals surface area contributed by atoms with E-state index in [-0.39, 0.29) is 17.7 Å². The second-order valence-corrected chi connectivity index (χ2v) is 9.74. The van der Waals surface area contributed by atoms with Crippen LogP contribution < -0.4 is 23.8 Å². The Labute approximate surface area is 197 Å². The van der Waals surface area contributed by atoms with Crippen LogP contribution in [0.1, 0.15) is 19.4 Å². The number of fused-ring (bicyclic) bond motifs is 1. The summed E-state index contributed by atoms with van der Waals surface area (Å²) in [6.45, 7) is 4.64. The minimum absolute atomic E-state index is 0.0516. The summed E-state index contributed by atoms with van der Waals surface area (Å²) in [6, 6.07) is 15.9. The Morgan fingerprint density at radius 1 is 1.12 bits per heavy atom. The van der Waals surface area contributed by atoms with Crippen LogP contribution in [0.25, 0.3) is 10.8 Å². The molecule has 1 heterocycles. The third kappa shape index (κ3) is 5.14. The van der Waals surface area contributed by atoms with Crippen LogP contribution in [0.15, 0.2) is 54.6 Å². The largest absolute Gasteiger partial charge is 0.492 e. The number of benzene rings is 3. The number of hydrogen-bond donors (Lipinski definition) is 2. The van der Waals surface area contributed by atoms with Gasteiger partial charge in [0, 0.05) is 18.0 Å². The van der Waals surface area contributed by atoms with Crippen LogP contribution in [0, 0.1) is 5.82 Å². The maximum Gasteiger partial charge on any atom is 0.308 e. The average Bonchev–Trinajstić information content (AvgIpc) is 3.08. The lowest BCUT2D eigenvalue weighted by molar-refractivity contribution is -0.115. The molecule has 0 aliphatic carbocycles. The number of nitrogens with zero attached hydrogens (tertiary/aromatic N) is 1. The summed E-state index contributed by atoms with van der Waals surface area (Å²) in [6.07, 6.45) is 0. The zero-order valence-corrected chi connectivity index (χ0v) is 19.7. The van der Waals surface area contributed by atoms with Crippen LogP contribution in [0.4, 0.5) is 10.1 Å². The van der Waals surface area contributed by atoms with Crippen molar-refractivity contribution in [1.29, 1.82) is 0 Å². The van der Waals surface area contributed by atoms with Crippen LogP contribution in [0.5, 0.6) is 11.5 Å². The molecule has 1 amide bonds. The highest BCUT2D eigenvalue weighted by molar-refractivity contribution is 7.92. The van der Waals surface area contributed by atoms with Gasteiger partial charge in [-0.15, -0.1) is 0 Å². The highest BCUT2D eigenvalue weighted by Crippen LogP contribution is 2.40. The summed E-state index contributed by atoms with van der Waals surface area (Å²) in [5, 5.41) is 3.82. The molecule has 8 nitrogen and oxygen atoms in total. The Balaban J connectivity index is 1.73. The van der Waals surface area contributed by atoms with Gasteiger partial charge in [0.1, 0.15) is 30.4 Å². The summed E-state index contributed by atoms with van der Waals surface area (Å²) in [5.41, 5.74) is 0.360. The van der Waals surface area contributed by atoms with Gasteiger partial charge in [0.05, 0.1) is 6.54 Å². The van der Waals surface area contributed by atoms with Crippen molar-refractivity contribution < 1.29 is 27.1 Å². The van der Waals surface area contributed by atoms with Crippen molar-refractivity contribution in [1.82, 2.24) is 10.0 Å². The monoisotopic (exact) mass is 487 g/mol. The minimum Gasteiger partial charge on any atom is -0.492 e. The van der Waals surface area contributed by atoms with Crippen LogP contribution in [-0.2, 0) is 21.6 Å². The van der Waals surface area contributed by atoms with Crippen molar-refractivity contribution in [3.8, 4) is 11.5 Å². The number of nitrogens with one attached hydrogen (secondary N) is 2. The number of amides is 1. The molecule has 0 atom stereocenters. The van der Waals surface area contributed by atoms with E-state index in [4.69, 9.17) is 9.47 Å². The van der Waals surface area contributed by atoms with E-state index in [2.05, 4.69) is 10.0 Å². The summed E-state index contributed by atoms with van der Waals surface area (Å²) < 4.78 is 55.0. The molecule has 180 valence electrons. The second kappa shape index (κ2) is 9.96. The van der Waals surface area contributed by atoms with Crippen LogP contribution >= 0.6 is 0 Å². The molecule has 0 radical (unpaired) electrons. The Morgan fingerprint density at radius 3 is 2.56 bits per heavy atom.